The number of benzene rings is 10. The van der Waals surface area contributed by atoms with Crippen molar-refractivity contribution < 1.29 is 0 Å². The minimum atomic E-state index is -0.554. The van der Waals surface area contributed by atoms with Crippen molar-refractivity contribution in [3.63, 3.8) is 0 Å². The van der Waals surface area contributed by atoms with Crippen LogP contribution in [0, 0.1) is 20.8 Å². The quantitative estimate of drug-likeness (QED) is 0.147. The second-order valence-corrected chi connectivity index (χ2v) is 18.2. The van der Waals surface area contributed by atoms with Gasteiger partial charge in [-0.25, -0.2) is 0 Å². The molecule has 314 valence electrons. The Hall–Kier alpha value is -8.00. The molecule has 0 fully saturated rings. The summed E-state index contributed by atoms with van der Waals surface area (Å²) in [5.41, 5.74) is 23.6. The van der Waals surface area contributed by atoms with Crippen molar-refractivity contribution in [3.8, 4) is 33.4 Å². The zero-order chi connectivity index (χ0) is 44.4. The highest BCUT2D eigenvalue weighted by Gasteiger charge is 2.48. The van der Waals surface area contributed by atoms with Gasteiger partial charge in [-0.15, -0.1) is 0 Å². The lowest BCUT2D eigenvalue weighted by Crippen LogP contribution is -2.29. The molecule has 1 nitrogen and oxygen atoms in total. The number of aryl methyl sites for hydroxylation is 3. The summed E-state index contributed by atoms with van der Waals surface area (Å²) in [5.74, 6) is 0. The van der Waals surface area contributed by atoms with E-state index in [1.807, 2.05) is 0 Å². The Labute approximate surface area is 389 Å². The Morgan fingerprint density at radius 3 is 1.08 bits per heavy atom. The number of rotatable bonds is 8. The molecule has 0 heterocycles. The summed E-state index contributed by atoms with van der Waals surface area (Å²) in [7, 11) is 0. The lowest BCUT2D eigenvalue weighted by Gasteiger charge is -2.36. The summed E-state index contributed by atoms with van der Waals surface area (Å²) >= 11 is 0. The van der Waals surface area contributed by atoms with Crippen LogP contribution in [0.15, 0.2) is 243 Å². The first-order valence-electron chi connectivity index (χ1n) is 23.2. The molecule has 10 aromatic rings. The molecule has 0 radical (unpaired) electrons. The van der Waals surface area contributed by atoms with Crippen LogP contribution in [-0.2, 0) is 10.8 Å². The molecule has 0 N–H and O–H groups in total. The topological polar surface area (TPSA) is 3.24 Å². The number of fused-ring (bicyclic) bond motifs is 6. The van der Waals surface area contributed by atoms with Gasteiger partial charge >= 0.3 is 0 Å². The fourth-order valence-electron chi connectivity index (χ4n) is 11.4. The monoisotopic (exact) mass is 843 g/mol. The van der Waals surface area contributed by atoms with Crippen LogP contribution >= 0.6 is 0 Å². The molecule has 0 saturated heterocycles. The van der Waals surface area contributed by atoms with E-state index in [0.717, 1.165) is 17.1 Å². The van der Waals surface area contributed by atoms with Crippen molar-refractivity contribution >= 4 is 17.1 Å². The number of para-hydroxylation sites is 1. The maximum absolute atomic E-state index is 2.52. The molecule has 0 aliphatic heterocycles. The highest BCUT2D eigenvalue weighted by molar-refractivity contribution is 5.94. The van der Waals surface area contributed by atoms with Gasteiger partial charge in [0.2, 0.25) is 0 Å². The lowest BCUT2D eigenvalue weighted by molar-refractivity contribution is 0.766. The van der Waals surface area contributed by atoms with E-state index in [4.69, 9.17) is 0 Å². The van der Waals surface area contributed by atoms with E-state index in [1.165, 1.54) is 94.6 Å². The number of hydrogen-bond acceptors (Lipinski definition) is 1. The molecule has 0 saturated carbocycles. The first-order valence-corrected chi connectivity index (χ1v) is 23.2. The minimum Gasteiger partial charge on any atom is -0.310 e. The Bertz CT molecular complexity index is 3370. The largest absolute Gasteiger partial charge is 0.310 e. The van der Waals surface area contributed by atoms with Gasteiger partial charge in [-0.05, 0) is 123 Å². The average molecular weight is 844 g/mol. The molecule has 12 rings (SSSR count). The molecular weight excluding hydrogens is 795 g/mol. The first-order chi connectivity index (χ1) is 32.5. The smallest absolute Gasteiger partial charge is 0.0714 e. The lowest BCUT2D eigenvalue weighted by atomic mass is 9.67. The van der Waals surface area contributed by atoms with Crippen LogP contribution in [0.2, 0.25) is 0 Å². The van der Waals surface area contributed by atoms with E-state index >= 15 is 0 Å². The maximum atomic E-state index is 2.52. The Balaban J connectivity index is 1.16. The molecule has 2 aliphatic rings. The van der Waals surface area contributed by atoms with Crippen LogP contribution in [0.25, 0.3) is 33.4 Å². The number of nitrogens with zero attached hydrogens (tertiary/aromatic N) is 1. The predicted octanol–water partition coefficient (Wildman–Crippen LogP) is 16.5. The van der Waals surface area contributed by atoms with Crippen molar-refractivity contribution in [1.29, 1.82) is 0 Å². The Kier molecular flexibility index (Phi) is 9.36. The Morgan fingerprint density at radius 2 is 0.621 bits per heavy atom. The fourth-order valence-corrected chi connectivity index (χ4v) is 11.4. The molecular formula is C65H49N. The van der Waals surface area contributed by atoms with Gasteiger partial charge in [0.05, 0.1) is 16.5 Å². The van der Waals surface area contributed by atoms with Crippen LogP contribution in [0.5, 0.6) is 0 Å². The van der Waals surface area contributed by atoms with Crippen molar-refractivity contribution in [2.45, 2.75) is 31.6 Å². The van der Waals surface area contributed by atoms with Gasteiger partial charge in [0, 0.05) is 16.9 Å². The van der Waals surface area contributed by atoms with Gasteiger partial charge in [-0.1, -0.05) is 229 Å². The number of hydrogen-bond donors (Lipinski definition) is 0. The third-order valence-corrected chi connectivity index (χ3v) is 14.5. The fraction of sp³-hybridized carbons (Fsp3) is 0.0769. The summed E-state index contributed by atoms with van der Waals surface area (Å²) in [4.78, 5) is 2.52. The summed E-state index contributed by atoms with van der Waals surface area (Å²) in [6, 6.07) is 91.2. The van der Waals surface area contributed by atoms with E-state index in [0.29, 0.717) is 0 Å². The third kappa shape index (κ3) is 5.93. The zero-order valence-corrected chi connectivity index (χ0v) is 37.5. The molecule has 10 aromatic carbocycles. The van der Waals surface area contributed by atoms with E-state index in [1.54, 1.807) is 0 Å². The zero-order valence-electron chi connectivity index (χ0n) is 37.5. The molecule has 1 unspecified atom stereocenters. The molecule has 0 bridgehead atoms. The second-order valence-electron chi connectivity index (χ2n) is 18.2. The van der Waals surface area contributed by atoms with Crippen LogP contribution < -0.4 is 4.90 Å². The van der Waals surface area contributed by atoms with Gasteiger partial charge in [0.15, 0.2) is 0 Å². The van der Waals surface area contributed by atoms with Crippen molar-refractivity contribution in [2.24, 2.45) is 0 Å². The molecule has 66 heavy (non-hydrogen) atoms. The first kappa shape index (κ1) is 39.6. The molecule has 1 atom stereocenters. The van der Waals surface area contributed by atoms with Gasteiger partial charge < -0.3 is 4.90 Å². The Morgan fingerprint density at radius 1 is 0.273 bits per heavy atom. The molecule has 0 spiro atoms. The second kappa shape index (κ2) is 15.6. The molecule has 0 amide bonds. The third-order valence-electron chi connectivity index (χ3n) is 14.5. The van der Waals surface area contributed by atoms with Crippen LogP contribution in [0.3, 0.4) is 0 Å². The van der Waals surface area contributed by atoms with E-state index in [2.05, 4.69) is 268 Å². The predicted molar refractivity (Wildman–Crippen MR) is 275 cm³/mol. The summed E-state index contributed by atoms with van der Waals surface area (Å²) in [6.45, 7) is 6.54. The van der Waals surface area contributed by atoms with Crippen molar-refractivity contribution in [1.82, 2.24) is 0 Å². The van der Waals surface area contributed by atoms with Gasteiger partial charge in [0.25, 0.3) is 0 Å². The van der Waals surface area contributed by atoms with Gasteiger partial charge in [-0.3, -0.25) is 0 Å². The normalized spacial score (nSPS) is 15.1. The van der Waals surface area contributed by atoms with Crippen LogP contribution in [0.1, 0.15) is 61.2 Å². The van der Waals surface area contributed by atoms with Gasteiger partial charge in [0.1, 0.15) is 0 Å². The SMILES string of the molecule is Cc1ccc(C2(c3ccccc3)c3ccccc3-c3ccc(N(c4ccc5c(c4)C(c4ccc(C)cc4)(c4ccc(C)cc4)c4ccccc4-5)c4ccccc4-c4ccccc4)cc32)cc1. The summed E-state index contributed by atoms with van der Waals surface area (Å²) in [6.07, 6.45) is 0. The molecule has 1 heteroatoms. The molecule has 0 aromatic heterocycles. The van der Waals surface area contributed by atoms with Crippen molar-refractivity contribution in [2.75, 3.05) is 4.90 Å². The van der Waals surface area contributed by atoms with E-state index in [-0.39, 0.29) is 0 Å². The molecule has 2 aliphatic carbocycles. The van der Waals surface area contributed by atoms with E-state index in [9.17, 15) is 0 Å². The summed E-state index contributed by atoms with van der Waals surface area (Å²) in [5, 5.41) is 0. The van der Waals surface area contributed by atoms with Gasteiger partial charge in [-0.2, -0.15) is 0 Å². The van der Waals surface area contributed by atoms with Crippen LogP contribution in [-0.4, -0.2) is 0 Å². The van der Waals surface area contributed by atoms with E-state index < -0.39 is 10.8 Å². The standard InChI is InChI=1S/C65H49N/c1-44-26-32-49(33-27-44)64(48-18-8-5-9-19-48)59-23-13-10-21-55(59)57-40-38-52(42-61(57)64)66(63-25-15-12-20-54(63)47-16-6-4-7-17-47)53-39-41-58-56-22-11-14-24-60(56)65(62(58)43-53,50-34-28-45(2)29-35-50)51-36-30-46(3)31-37-51/h4-43H,1-3H3. The summed E-state index contributed by atoms with van der Waals surface area (Å²) < 4.78 is 0. The number of anilines is 3. The van der Waals surface area contributed by atoms with Crippen LogP contribution in [0.4, 0.5) is 17.1 Å². The maximum Gasteiger partial charge on any atom is 0.0714 e. The van der Waals surface area contributed by atoms with Crippen molar-refractivity contribution in [3.05, 3.63) is 304 Å². The highest BCUT2D eigenvalue weighted by atomic mass is 15.1. The highest BCUT2D eigenvalue weighted by Crippen LogP contribution is 2.60. The minimum absolute atomic E-state index is 0.548. The average Bonchev–Trinajstić information content (AvgIpc) is 3.83.